The number of H-pyrrole nitrogens is 2. The summed E-state index contributed by atoms with van der Waals surface area (Å²) in [5.41, 5.74) is 13.6. The molecule has 0 aliphatic carbocycles. The molecule has 1 aliphatic heterocycles. The van der Waals surface area contributed by atoms with Gasteiger partial charge in [-0.15, -0.1) is 0 Å². The first kappa shape index (κ1) is 19.0. The van der Waals surface area contributed by atoms with Gasteiger partial charge in [0.15, 0.2) is 5.82 Å². The second kappa shape index (κ2) is 7.78. The molecule has 0 spiro atoms. The van der Waals surface area contributed by atoms with E-state index >= 15 is 0 Å². The Balaban J connectivity index is 1.37. The highest BCUT2D eigenvalue weighted by molar-refractivity contribution is 5.99. The standard InChI is InChI=1S/C25H24N6O/c26-24-21-13-17(4-5-22(21)29-30-24)19-6-7-27-25-20(19)14-23(28-25)18-3-1-2-16(12-18)15-31-8-10-32-11-9-31/h1-7,12-14H,8-11,15H2,(H,27,28)(H3,26,29,30). The molecule has 0 atom stereocenters. The quantitative estimate of drug-likeness (QED) is 0.402. The first-order valence-electron chi connectivity index (χ1n) is 10.9. The summed E-state index contributed by atoms with van der Waals surface area (Å²) in [5, 5.41) is 9.09. The number of rotatable bonds is 4. The molecule has 0 saturated carbocycles. The molecule has 1 aliphatic rings. The van der Waals surface area contributed by atoms with Gasteiger partial charge >= 0.3 is 0 Å². The molecule has 7 heteroatoms. The van der Waals surface area contributed by atoms with E-state index in [1.165, 1.54) is 5.56 Å². The van der Waals surface area contributed by atoms with Crippen LogP contribution in [0.5, 0.6) is 0 Å². The molecule has 5 aromatic rings. The number of pyridine rings is 1. The van der Waals surface area contributed by atoms with Crippen LogP contribution >= 0.6 is 0 Å². The Labute approximate surface area is 185 Å². The van der Waals surface area contributed by atoms with Gasteiger partial charge in [0.1, 0.15) is 5.65 Å². The molecule has 0 amide bonds. The van der Waals surface area contributed by atoms with Gasteiger partial charge in [-0.05, 0) is 52.6 Å². The van der Waals surface area contributed by atoms with E-state index in [1.807, 2.05) is 18.3 Å². The Morgan fingerprint density at radius 2 is 1.88 bits per heavy atom. The van der Waals surface area contributed by atoms with Crippen molar-refractivity contribution in [3.05, 3.63) is 66.4 Å². The van der Waals surface area contributed by atoms with E-state index < -0.39 is 0 Å². The zero-order valence-electron chi connectivity index (χ0n) is 17.6. The lowest BCUT2D eigenvalue weighted by Gasteiger charge is -2.26. The Morgan fingerprint density at radius 3 is 2.78 bits per heavy atom. The topological polar surface area (TPSA) is 95.8 Å². The van der Waals surface area contributed by atoms with Crippen molar-refractivity contribution in [1.29, 1.82) is 0 Å². The fraction of sp³-hybridized carbons (Fsp3) is 0.200. The van der Waals surface area contributed by atoms with Crippen LogP contribution in [0.15, 0.2) is 60.8 Å². The van der Waals surface area contributed by atoms with E-state index in [9.17, 15) is 0 Å². The molecule has 1 fully saturated rings. The van der Waals surface area contributed by atoms with Gasteiger partial charge in [0.2, 0.25) is 0 Å². The van der Waals surface area contributed by atoms with Crippen LogP contribution in [0.1, 0.15) is 5.56 Å². The fourth-order valence-corrected chi connectivity index (χ4v) is 4.49. The molecule has 0 unspecified atom stereocenters. The summed E-state index contributed by atoms with van der Waals surface area (Å²) in [7, 11) is 0. The Morgan fingerprint density at radius 1 is 0.969 bits per heavy atom. The van der Waals surface area contributed by atoms with Gasteiger partial charge in [0.25, 0.3) is 0 Å². The highest BCUT2D eigenvalue weighted by Crippen LogP contribution is 2.33. The summed E-state index contributed by atoms with van der Waals surface area (Å²) in [5.74, 6) is 0.513. The molecule has 0 radical (unpaired) electrons. The zero-order valence-corrected chi connectivity index (χ0v) is 17.6. The lowest BCUT2D eigenvalue weighted by Crippen LogP contribution is -2.35. The number of hydrogen-bond acceptors (Lipinski definition) is 5. The van der Waals surface area contributed by atoms with Crippen LogP contribution in [0.2, 0.25) is 0 Å². The highest BCUT2D eigenvalue weighted by atomic mass is 16.5. The van der Waals surface area contributed by atoms with E-state index in [0.29, 0.717) is 5.82 Å². The van der Waals surface area contributed by atoms with Crippen molar-refractivity contribution < 1.29 is 4.74 Å². The predicted octanol–water partition coefficient (Wildman–Crippen LogP) is 4.19. The minimum absolute atomic E-state index is 0.513. The Kier molecular flexibility index (Phi) is 4.63. The predicted molar refractivity (Wildman–Crippen MR) is 127 cm³/mol. The summed E-state index contributed by atoms with van der Waals surface area (Å²) in [6.45, 7) is 4.52. The summed E-state index contributed by atoms with van der Waals surface area (Å²) in [4.78, 5) is 10.5. The third-order valence-electron chi connectivity index (χ3n) is 6.18. The number of benzene rings is 2. The van der Waals surface area contributed by atoms with Crippen LogP contribution in [0.25, 0.3) is 44.3 Å². The number of fused-ring (bicyclic) bond motifs is 2. The van der Waals surface area contributed by atoms with Crippen molar-refractivity contribution in [2.45, 2.75) is 6.54 Å². The van der Waals surface area contributed by atoms with E-state index in [-0.39, 0.29) is 0 Å². The van der Waals surface area contributed by atoms with Crippen molar-refractivity contribution in [1.82, 2.24) is 25.1 Å². The third-order valence-corrected chi connectivity index (χ3v) is 6.18. The van der Waals surface area contributed by atoms with Crippen molar-refractivity contribution >= 4 is 27.8 Å². The highest BCUT2D eigenvalue weighted by Gasteiger charge is 2.14. The molecule has 160 valence electrons. The van der Waals surface area contributed by atoms with Gasteiger partial charge in [-0.1, -0.05) is 24.3 Å². The maximum atomic E-state index is 6.03. The summed E-state index contributed by atoms with van der Waals surface area (Å²) < 4.78 is 5.47. The molecule has 4 heterocycles. The van der Waals surface area contributed by atoms with Crippen LogP contribution in [0.4, 0.5) is 5.82 Å². The van der Waals surface area contributed by atoms with E-state index in [2.05, 4.69) is 67.5 Å². The number of hydrogen-bond donors (Lipinski definition) is 3. The summed E-state index contributed by atoms with van der Waals surface area (Å²) >= 11 is 0. The van der Waals surface area contributed by atoms with Gasteiger partial charge in [0, 0.05) is 42.3 Å². The minimum atomic E-state index is 0.513. The van der Waals surface area contributed by atoms with Crippen molar-refractivity contribution in [2.24, 2.45) is 0 Å². The van der Waals surface area contributed by atoms with Gasteiger partial charge < -0.3 is 15.5 Å². The number of nitrogen functional groups attached to an aromatic ring is 1. The number of aromatic amines is 2. The monoisotopic (exact) mass is 424 g/mol. The molecule has 3 aromatic heterocycles. The number of morpholine rings is 1. The summed E-state index contributed by atoms with van der Waals surface area (Å²) in [6, 6.07) is 19.1. The van der Waals surface area contributed by atoms with Gasteiger partial charge in [-0.2, -0.15) is 5.10 Å². The number of anilines is 1. The maximum absolute atomic E-state index is 6.03. The molecular weight excluding hydrogens is 400 g/mol. The average molecular weight is 425 g/mol. The molecule has 32 heavy (non-hydrogen) atoms. The first-order valence-corrected chi connectivity index (χ1v) is 10.9. The Hall–Kier alpha value is -3.68. The second-order valence-corrected chi connectivity index (χ2v) is 8.26. The van der Waals surface area contributed by atoms with Crippen LogP contribution in [-0.2, 0) is 11.3 Å². The van der Waals surface area contributed by atoms with E-state index in [1.54, 1.807) is 0 Å². The fourth-order valence-electron chi connectivity index (χ4n) is 4.49. The normalized spacial score (nSPS) is 15.0. The van der Waals surface area contributed by atoms with Crippen LogP contribution in [0.3, 0.4) is 0 Å². The van der Waals surface area contributed by atoms with E-state index in [4.69, 9.17) is 10.5 Å². The SMILES string of the molecule is Nc1n[nH]c2ccc(-c3ccnc4[nH]c(-c5cccc(CN6CCOCC6)c5)cc34)cc12. The largest absolute Gasteiger partial charge is 0.382 e. The van der Waals surface area contributed by atoms with Crippen molar-refractivity contribution in [3.63, 3.8) is 0 Å². The number of ether oxygens (including phenoxy) is 1. The second-order valence-electron chi connectivity index (χ2n) is 8.26. The Bertz CT molecular complexity index is 1410. The van der Waals surface area contributed by atoms with Crippen LogP contribution < -0.4 is 5.73 Å². The van der Waals surface area contributed by atoms with E-state index in [0.717, 1.165) is 77.2 Å². The molecule has 0 bridgehead atoms. The molecule has 6 rings (SSSR count). The van der Waals surface area contributed by atoms with Gasteiger partial charge in [-0.25, -0.2) is 4.98 Å². The molecule has 1 saturated heterocycles. The van der Waals surface area contributed by atoms with Gasteiger partial charge in [-0.3, -0.25) is 10.00 Å². The first-order chi connectivity index (χ1) is 15.7. The minimum Gasteiger partial charge on any atom is -0.382 e. The number of nitrogens with one attached hydrogen (secondary N) is 2. The van der Waals surface area contributed by atoms with Crippen molar-refractivity contribution in [3.8, 4) is 22.4 Å². The molecule has 4 N–H and O–H groups in total. The smallest absolute Gasteiger partial charge is 0.153 e. The maximum Gasteiger partial charge on any atom is 0.153 e. The number of nitrogens with two attached hydrogens (primary N) is 1. The molecule has 7 nitrogen and oxygen atoms in total. The van der Waals surface area contributed by atoms with Gasteiger partial charge in [0.05, 0.1) is 18.7 Å². The zero-order chi connectivity index (χ0) is 21.5. The number of aromatic nitrogens is 4. The summed E-state index contributed by atoms with van der Waals surface area (Å²) in [6.07, 6.45) is 1.84. The number of nitrogens with zero attached hydrogens (tertiary/aromatic N) is 3. The molecule has 2 aromatic carbocycles. The molecular formula is C25H24N6O. The third kappa shape index (κ3) is 3.41. The van der Waals surface area contributed by atoms with Crippen LogP contribution in [-0.4, -0.2) is 51.4 Å². The lowest BCUT2D eigenvalue weighted by molar-refractivity contribution is 0.0342. The van der Waals surface area contributed by atoms with Crippen LogP contribution in [0, 0.1) is 0 Å². The average Bonchev–Trinajstić information content (AvgIpc) is 3.43. The van der Waals surface area contributed by atoms with Crippen molar-refractivity contribution in [2.75, 3.05) is 32.0 Å². The lowest BCUT2D eigenvalue weighted by atomic mass is 10.0.